The third-order valence-electron chi connectivity index (χ3n) is 5.65. The molecule has 2 aliphatic rings. The molecule has 4 rings (SSSR count). The lowest BCUT2D eigenvalue weighted by Gasteiger charge is -2.43. The van der Waals surface area contributed by atoms with Gasteiger partial charge >= 0.3 is 0 Å². The number of hydrogen-bond donors (Lipinski definition) is 1. The zero-order chi connectivity index (χ0) is 19.7. The highest BCUT2D eigenvalue weighted by atomic mass is 32.2. The highest BCUT2D eigenvalue weighted by Gasteiger charge is 2.36. The molecule has 28 heavy (non-hydrogen) atoms. The molecule has 6 heteroatoms. The number of hydrogen-bond acceptors (Lipinski definition) is 4. The molecule has 1 atom stereocenters. The van der Waals surface area contributed by atoms with Gasteiger partial charge in [0.1, 0.15) is 6.17 Å². The Morgan fingerprint density at radius 2 is 1.89 bits per heavy atom. The molecule has 2 amide bonds. The van der Waals surface area contributed by atoms with Crippen LogP contribution in [0.1, 0.15) is 46.4 Å². The number of carbonyl (C=O) groups is 2. The normalized spacial score (nSPS) is 18.9. The molecule has 2 aromatic carbocycles. The second-order valence-corrected chi connectivity index (χ2v) is 8.23. The Morgan fingerprint density at radius 1 is 1.11 bits per heavy atom. The van der Waals surface area contributed by atoms with Crippen molar-refractivity contribution >= 4 is 35.0 Å². The van der Waals surface area contributed by atoms with E-state index in [9.17, 15) is 9.59 Å². The third kappa shape index (κ3) is 3.49. The predicted octanol–water partition coefficient (Wildman–Crippen LogP) is 4.45. The highest BCUT2D eigenvalue weighted by Crippen LogP contribution is 2.34. The molecule has 0 saturated carbocycles. The fourth-order valence-corrected chi connectivity index (χ4v) is 4.48. The van der Waals surface area contributed by atoms with Crippen LogP contribution in [0.2, 0.25) is 0 Å². The Morgan fingerprint density at radius 3 is 2.64 bits per heavy atom. The molecule has 2 heterocycles. The van der Waals surface area contributed by atoms with Crippen LogP contribution in [0.3, 0.4) is 0 Å². The van der Waals surface area contributed by atoms with Gasteiger partial charge in [0.15, 0.2) is 0 Å². The van der Waals surface area contributed by atoms with Gasteiger partial charge < -0.3 is 15.1 Å². The van der Waals surface area contributed by atoms with Crippen LogP contribution in [-0.4, -0.2) is 42.7 Å². The number of fused-ring (bicyclic) bond motifs is 2. The lowest BCUT2D eigenvalue weighted by molar-refractivity contribution is 0.0661. The number of nitrogens with zero attached hydrogens (tertiary/aromatic N) is 2. The smallest absolute Gasteiger partial charge is 0.257 e. The zero-order valence-corrected chi connectivity index (χ0v) is 17.1. The summed E-state index contributed by atoms with van der Waals surface area (Å²) in [7, 11) is 2.02. The van der Waals surface area contributed by atoms with E-state index in [1.54, 1.807) is 23.9 Å². The van der Waals surface area contributed by atoms with E-state index in [1.165, 1.54) is 0 Å². The minimum atomic E-state index is -0.163. The van der Waals surface area contributed by atoms with E-state index in [4.69, 9.17) is 0 Å². The molecular weight excluding hydrogens is 370 g/mol. The van der Waals surface area contributed by atoms with Gasteiger partial charge in [-0.15, -0.1) is 11.8 Å². The Kier molecular flexibility index (Phi) is 5.31. The lowest BCUT2D eigenvalue weighted by Crippen LogP contribution is -2.53. The lowest BCUT2D eigenvalue weighted by atomic mass is 10.0. The molecule has 0 unspecified atom stereocenters. The molecule has 5 nitrogen and oxygen atoms in total. The fraction of sp³-hybridized carbons (Fsp3) is 0.364. The van der Waals surface area contributed by atoms with Gasteiger partial charge in [0.05, 0.1) is 11.3 Å². The quantitative estimate of drug-likeness (QED) is 0.780. The van der Waals surface area contributed by atoms with Crippen molar-refractivity contribution in [3.05, 3.63) is 53.6 Å². The van der Waals surface area contributed by atoms with Crippen molar-refractivity contribution in [1.82, 2.24) is 4.90 Å². The van der Waals surface area contributed by atoms with E-state index < -0.39 is 0 Å². The molecule has 1 fully saturated rings. The van der Waals surface area contributed by atoms with Crippen LogP contribution >= 0.6 is 11.8 Å². The van der Waals surface area contributed by atoms with Crippen LogP contribution in [0.25, 0.3) is 0 Å². The third-order valence-corrected chi connectivity index (χ3v) is 6.39. The molecule has 2 aromatic rings. The summed E-state index contributed by atoms with van der Waals surface area (Å²) in [6.07, 6.45) is 6.42. The Labute approximate surface area is 170 Å². The maximum atomic E-state index is 13.0. The minimum Gasteiger partial charge on any atom is -0.354 e. The van der Waals surface area contributed by atoms with Crippen LogP contribution in [0.5, 0.6) is 0 Å². The summed E-state index contributed by atoms with van der Waals surface area (Å²) in [5.41, 5.74) is 2.86. The van der Waals surface area contributed by atoms with Gasteiger partial charge in [0.25, 0.3) is 11.8 Å². The topological polar surface area (TPSA) is 52.7 Å². The molecule has 0 bridgehead atoms. The number of rotatable bonds is 3. The summed E-state index contributed by atoms with van der Waals surface area (Å²) < 4.78 is 0. The van der Waals surface area contributed by atoms with E-state index in [1.807, 2.05) is 48.5 Å². The van der Waals surface area contributed by atoms with Gasteiger partial charge in [-0.2, -0.15) is 0 Å². The first-order valence-corrected chi connectivity index (χ1v) is 10.9. The SMILES string of the molecule is CSc1ccc(NC(=O)c2ccc3c(c2)N(C)[C@@H]2CCCCCN2C3=O)cc1. The first-order chi connectivity index (χ1) is 13.6. The molecule has 0 aliphatic carbocycles. The molecule has 0 radical (unpaired) electrons. The number of carbonyl (C=O) groups excluding carboxylic acids is 2. The molecule has 2 aliphatic heterocycles. The van der Waals surface area contributed by atoms with E-state index in [-0.39, 0.29) is 18.0 Å². The van der Waals surface area contributed by atoms with Gasteiger partial charge in [0, 0.05) is 29.7 Å². The largest absolute Gasteiger partial charge is 0.354 e. The molecule has 1 saturated heterocycles. The Balaban J connectivity index is 1.59. The zero-order valence-electron chi connectivity index (χ0n) is 16.3. The number of amides is 2. The summed E-state index contributed by atoms with van der Waals surface area (Å²) in [6, 6.07) is 13.2. The number of benzene rings is 2. The summed E-state index contributed by atoms with van der Waals surface area (Å²) in [4.78, 5) is 31.0. The van der Waals surface area contributed by atoms with Gasteiger partial charge in [-0.1, -0.05) is 6.42 Å². The summed E-state index contributed by atoms with van der Waals surface area (Å²) in [5, 5.41) is 2.95. The van der Waals surface area contributed by atoms with Crippen LogP contribution in [0, 0.1) is 0 Å². The van der Waals surface area contributed by atoms with Crippen molar-refractivity contribution in [3.8, 4) is 0 Å². The molecule has 0 aromatic heterocycles. The Bertz CT molecular complexity index is 897. The first kappa shape index (κ1) is 18.9. The highest BCUT2D eigenvalue weighted by molar-refractivity contribution is 7.98. The van der Waals surface area contributed by atoms with Gasteiger partial charge in [-0.25, -0.2) is 0 Å². The van der Waals surface area contributed by atoms with Crippen molar-refractivity contribution in [2.24, 2.45) is 0 Å². The predicted molar refractivity (Wildman–Crippen MR) is 114 cm³/mol. The second kappa shape index (κ2) is 7.87. The summed E-state index contributed by atoms with van der Waals surface area (Å²) in [6.45, 7) is 0.807. The number of nitrogens with one attached hydrogen (secondary N) is 1. The van der Waals surface area contributed by atoms with Crippen LogP contribution in [0.15, 0.2) is 47.4 Å². The second-order valence-electron chi connectivity index (χ2n) is 7.35. The fourth-order valence-electron chi connectivity index (χ4n) is 4.07. The van der Waals surface area contributed by atoms with Crippen LogP contribution < -0.4 is 10.2 Å². The molecule has 146 valence electrons. The minimum absolute atomic E-state index is 0.0830. The average molecular weight is 396 g/mol. The van der Waals surface area contributed by atoms with Gasteiger partial charge in [-0.05, 0) is 68.0 Å². The summed E-state index contributed by atoms with van der Waals surface area (Å²) >= 11 is 1.67. The maximum Gasteiger partial charge on any atom is 0.257 e. The summed E-state index contributed by atoms with van der Waals surface area (Å²) in [5.74, 6) is -0.0801. The van der Waals surface area contributed by atoms with Crippen LogP contribution in [0.4, 0.5) is 11.4 Å². The number of anilines is 2. The first-order valence-electron chi connectivity index (χ1n) is 9.72. The van der Waals surface area contributed by atoms with Crippen molar-refractivity contribution in [1.29, 1.82) is 0 Å². The van der Waals surface area contributed by atoms with Gasteiger partial charge in [-0.3, -0.25) is 9.59 Å². The average Bonchev–Trinajstić information content (AvgIpc) is 2.98. The van der Waals surface area contributed by atoms with Crippen molar-refractivity contribution in [2.45, 2.75) is 36.7 Å². The molecule has 1 N–H and O–H groups in total. The van der Waals surface area contributed by atoms with E-state index in [0.29, 0.717) is 11.1 Å². The molecule has 0 spiro atoms. The van der Waals surface area contributed by atoms with E-state index in [0.717, 1.165) is 48.5 Å². The Hall–Kier alpha value is -2.47. The standard InChI is InChI=1S/C22H25N3O2S/c1-24-19-14-15(21(26)23-16-8-10-17(28-2)11-9-16)7-12-18(19)22(27)25-13-5-3-4-6-20(24)25/h7-12,14,20H,3-6,13H2,1-2H3,(H,23,26)/t20-/m0/s1. The van der Waals surface area contributed by atoms with E-state index in [2.05, 4.69) is 10.2 Å². The maximum absolute atomic E-state index is 13.0. The monoisotopic (exact) mass is 395 g/mol. The van der Waals surface area contributed by atoms with Crippen molar-refractivity contribution in [3.63, 3.8) is 0 Å². The van der Waals surface area contributed by atoms with E-state index >= 15 is 0 Å². The number of thioether (sulfide) groups is 1. The van der Waals surface area contributed by atoms with Crippen molar-refractivity contribution in [2.75, 3.05) is 30.1 Å². The van der Waals surface area contributed by atoms with Crippen LogP contribution in [-0.2, 0) is 0 Å². The van der Waals surface area contributed by atoms with Gasteiger partial charge in [0.2, 0.25) is 0 Å². The molecular formula is C22H25N3O2S. The van der Waals surface area contributed by atoms with Crippen molar-refractivity contribution < 1.29 is 9.59 Å².